The lowest BCUT2D eigenvalue weighted by molar-refractivity contribution is -0.142. The number of likely N-dealkylation sites (tertiary alicyclic amines) is 1. The topological polar surface area (TPSA) is 95.3 Å². The van der Waals surface area contributed by atoms with Crippen molar-refractivity contribution in [1.82, 2.24) is 14.8 Å². The number of hydrogen-bond acceptors (Lipinski definition) is 8. The Morgan fingerprint density at radius 1 is 1.29 bits per heavy atom. The first-order chi connectivity index (χ1) is 16.5. The summed E-state index contributed by atoms with van der Waals surface area (Å²) in [7, 11) is 2.79. The number of likely N-dealkylation sites (N-methyl/N-ethyl adjacent to an activating group) is 1. The second kappa shape index (κ2) is 9.42. The molecule has 1 saturated heterocycles. The Morgan fingerprint density at radius 3 is 2.54 bits per heavy atom. The summed E-state index contributed by atoms with van der Waals surface area (Å²) < 4.78 is 47.1. The highest BCUT2D eigenvalue weighted by molar-refractivity contribution is 7.13. The van der Waals surface area contributed by atoms with Gasteiger partial charge >= 0.3 is 11.9 Å². The highest BCUT2D eigenvalue weighted by atomic mass is 32.1. The van der Waals surface area contributed by atoms with Crippen LogP contribution in [0.1, 0.15) is 27.9 Å². The number of hydrogen-bond donors (Lipinski definition) is 1. The number of esters is 1. The molecule has 0 spiro atoms. The number of rotatable bonds is 6. The molecule has 1 fully saturated rings. The van der Waals surface area contributed by atoms with Crippen LogP contribution in [0.3, 0.4) is 0 Å². The number of carbonyl (C=O) groups is 2. The monoisotopic (exact) mass is 508 g/mol. The number of benzene rings is 1. The van der Waals surface area contributed by atoms with Crippen LogP contribution in [0.5, 0.6) is 0 Å². The van der Waals surface area contributed by atoms with Crippen LogP contribution in [-0.4, -0.2) is 76.9 Å². The lowest BCUT2D eigenvalue weighted by Gasteiger charge is -2.35. The summed E-state index contributed by atoms with van der Waals surface area (Å²) >= 11 is 1.35. The molecule has 1 aromatic heterocycles. The fraction of sp³-hybridized carbons (Fsp3) is 0.391. The number of aryl methyl sites for hydroxylation is 1. The average molecular weight is 509 g/mol. The molecule has 2 unspecified atom stereocenters. The summed E-state index contributed by atoms with van der Waals surface area (Å²) in [5.74, 6) is -5.42. The Morgan fingerprint density at radius 2 is 1.97 bits per heavy atom. The molecular weight excluding hydrogens is 485 g/mol. The van der Waals surface area contributed by atoms with Crippen LogP contribution in [0.2, 0.25) is 0 Å². The highest BCUT2D eigenvalue weighted by Gasteiger charge is 2.49. The van der Waals surface area contributed by atoms with Crippen molar-refractivity contribution in [2.75, 3.05) is 27.2 Å². The van der Waals surface area contributed by atoms with Gasteiger partial charge < -0.3 is 14.7 Å². The number of amidine groups is 1. The number of nitrogens with zero attached hydrogens (tertiary/aromatic N) is 4. The number of halogens is 3. The van der Waals surface area contributed by atoms with E-state index in [0.29, 0.717) is 16.4 Å². The van der Waals surface area contributed by atoms with Crippen molar-refractivity contribution in [3.63, 3.8) is 0 Å². The molecular formula is C23H23F3N4O4S. The molecule has 35 heavy (non-hydrogen) atoms. The molecule has 1 N–H and O–H groups in total. The van der Waals surface area contributed by atoms with Gasteiger partial charge in [0.15, 0.2) is 10.8 Å². The number of ether oxygens (including phenoxy) is 1. The van der Waals surface area contributed by atoms with E-state index in [9.17, 15) is 27.9 Å². The van der Waals surface area contributed by atoms with Crippen molar-refractivity contribution >= 4 is 29.1 Å². The van der Waals surface area contributed by atoms with Crippen molar-refractivity contribution in [3.8, 4) is 0 Å². The van der Waals surface area contributed by atoms with Gasteiger partial charge in [-0.1, -0.05) is 12.1 Å². The Labute approximate surface area is 203 Å². The van der Waals surface area contributed by atoms with E-state index in [0.717, 1.165) is 9.78 Å². The van der Waals surface area contributed by atoms with E-state index in [2.05, 4.69) is 4.98 Å². The van der Waals surface area contributed by atoms with Gasteiger partial charge in [-0.2, -0.15) is 0 Å². The average Bonchev–Trinajstić information content (AvgIpc) is 3.37. The Kier molecular flexibility index (Phi) is 6.69. The van der Waals surface area contributed by atoms with Crippen molar-refractivity contribution in [2.45, 2.75) is 31.4 Å². The predicted octanol–water partition coefficient (Wildman–Crippen LogP) is 3.25. The summed E-state index contributed by atoms with van der Waals surface area (Å²) in [6, 6.07) is 3.03. The van der Waals surface area contributed by atoms with Crippen LogP contribution in [0.4, 0.5) is 13.2 Å². The largest absolute Gasteiger partial charge is 0.480 e. The zero-order chi connectivity index (χ0) is 25.5. The number of aromatic nitrogens is 1. The van der Waals surface area contributed by atoms with Gasteiger partial charge in [-0.15, -0.1) is 11.3 Å². The summed E-state index contributed by atoms with van der Waals surface area (Å²) in [5.41, 5.74) is 0.788. The van der Waals surface area contributed by atoms with E-state index < -0.39 is 48.7 Å². The van der Waals surface area contributed by atoms with Crippen molar-refractivity contribution < 1.29 is 32.6 Å². The number of alkyl halides is 2. The van der Waals surface area contributed by atoms with Gasteiger partial charge in [-0.3, -0.25) is 14.7 Å². The summed E-state index contributed by atoms with van der Waals surface area (Å²) in [6.07, 6.45) is 0.824. The van der Waals surface area contributed by atoms with Gasteiger partial charge in [0.25, 0.3) is 5.92 Å². The smallest absolute Gasteiger partial charge is 0.338 e. The molecule has 2 aromatic rings. The zero-order valence-electron chi connectivity index (χ0n) is 19.2. The quantitative estimate of drug-likeness (QED) is 0.599. The highest BCUT2D eigenvalue weighted by Crippen LogP contribution is 2.39. The Balaban J connectivity index is 1.87. The molecule has 1 aromatic carbocycles. The first kappa shape index (κ1) is 24.9. The van der Waals surface area contributed by atoms with Crippen molar-refractivity contribution in [2.24, 2.45) is 4.99 Å². The number of carbonyl (C=O) groups excluding carboxylic acids is 1. The van der Waals surface area contributed by atoms with Crippen molar-refractivity contribution in [3.05, 3.63) is 63.0 Å². The molecule has 186 valence electrons. The van der Waals surface area contributed by atoms with E-state index in [4.69, 9.17) is 9.73 Å². The second-order valence-electron chi connectivity index (χ2n) is 8.41. The number of thiazole rings is 1. The van der Waals surface area contributed by atoms with Crippen LogP contribution < -0.4 is 0 Å². The minimum Gasteiger partial charge on any atom is -0.480 e. The summed E-state index contributed by atoms with van der Waals surface area (Å²) in [4.78, 5) is 37.4. The van der Waals surface area contributed by atoms with Crippen LogP contribution in [-0.2, 0) is 14.3 Å². The van der Waals surface area contributed by atoms with E-state index in [-0.39, 0.29) is 17.8 Å². The number of aliphatic carboxylic acids is 1. The van der Waals surface area contributed by atoms with Crippen LogP contribution in [0, 0.1) is 12.7 Å². The molecule has 0 bridgehead atoms. The zero-order valence-corrected chi connectivity index (χ0v) is 20.0. The molecule has 8 nitrogen and oxygen atoms in total. The molecule has 2 aliphatic rings. The number of carboxylic acids is 1. The molecule has 0 saturated carbocycles. The number of methoxy groups -OCH3 is 1. The molecule has 2 aliphatic heterocycles. The third kappa shape index (κ3) is 4.94. The normalized spacial score (nSPS) is 22.3. The van der Waals surface area contributed by atoms with Crippen LogP contribution in [0.25, 0.3) is 0 Å². The SMILES string of the molecule is COC(=O)C1=C(CN2CC(F)(F)CC2C(=O)O)N(C)C(c2ncc(C)s2)=NC1c1ccc(F)cc1. The van der Waals surface area contributed by atoms with Gasteiger partial charge in [0.05, 0.1) is 19.2 Å². The minimum atomic E-state index is -3.19. The second-order valence-corrected chi connectivity index (χ2v) is 9.65. The molecule has 12 heteroatoms. The van der Waals surface area contributed by atoms with E-state index >= 15 is 0 Å². The minimum absolute atomic E-state index is 0.0537. The van der Waals surface area contributed by atoms with Gasteiger partial charge in [0, 0.05) is 36.8 Å². The third-order valence-corrected chi connectivity index (χ3v) is 6.88. The fourth-order valence-corrected chi connectivity index (χ4v) is 5.10. The van der Waals surface area contributed by atoms with Gasteiger partial charge in [0.1, 0.15) is 17.9 Å². The van der Waals surface area contributed by atoms with Crippen LogP contribution >= 0.6 is 11.3 Å². The lowest BCUT2D eigenvalue weighted by atomic mass is 9.94. The molecule has 0 amide bonds. The first-order valence-corrected chi connectivity index (χ1v) is 11.5. The Hall–Kier alpha value is -3.25. The number of aliphatic imine (C=N–C) groups is 1. The summed E-state index contributed by atoms with van der Waals surface area (Å²) in [6.45, 7) is 0.816. The van der Waals surface area contributed by atoms with E-state index in [1.165, 1.54) is 42.7 Å². The third-order valence-electron chi connectivity index (χ3n) is 5.97. The van der Waals surface area contributed by atoms with Crippen LogP contribution in [0.15, 0.2) is 46.7 Å². The van der Waals surface area contributed by atoms with Gasteiger partial charge in [-0.25, -0.2) is 22.9 Å². The van der Waals surface area contributed by atoms with E-state index in [1.807, 2.05) is 6.92 Å². The predicted molar refractivity (Wildman–Crippen MR) is 122 cm³/mol. The first-order valence-electron chi connectivity index (χ1n) is 10.7. The maximum absolute atomic E-state index is 14.2. The molecule has 2 atom stereocenters. The molecule has 0 aliphatic carbocycles. The van der Waals surface area contributed by atoms with E-state index in [1.54, 1.807) is 18.1 Å². The number of carboxylic acid groups (broad SMARTS) is 1. The van der Waals surface area contributed by atoms with Crippen molar-refractivity contribution in [1.29, 1.82) is 0 Å². The molecule has 0 radical (unpaired) electrons. The standard InChI is InChI=1S/C23H23F3N4O4S/c1-12-9-27-20(35-12)19-28-18(13-4-6-14(24)7-5-13)17(22(33)34-3)16(29(19)2)10-30-11-23(25,26)8-15(30)21(31)32/h4-7,9,15,18H,8,10-11H2,1-3H3,(H,31,32). The maximum atomic E-state index is 14.2. The maximum Gasteiger partial charge on any atom is 0.338 e. The summed E-state index contributed by atoms with van der Waals surface area (Å²) in [5, 5.41) is 10.1. The Bertz CT molecular complexity index is 1210. The van der Waals surface area contributed by atoms with Gasteiger partial charge in [-0.05, 0) is 24.6 Å². The van der Waals surface area contributed by atoms with Gasteiger partial charge in [0.2, 0.25) is 0 Å². The molecule has 3 heterocycles. The fourth-order valence-electron chi connectivity index (χ4n) is 4.30. The molecule has 4 rings (SSSR count). The lowest BCUT2D eigenvalue weighted by Crippen LogP contribution is -2.44.